The molecule has 0 unspecified atom stereocenters. The van der Waals surface area contributed by atoms with Crippen LogP contribution in [0.4, 0.5) is 0 Å². The number of aromatic nitrogens is 3. The Hall–Kier alpha value is -3.38. The highest BCUT2D eigenvalue weighted by Crippen LogP contribution is 2.31. The minimum Gasteiger partial charge on any atom is -0.493 e. The molecule has 6 heteroatoms. The molecule has 0 spiro atoms. The molecule has 0 bridgehead atoms. The number of rotatable bonds is 7. The van der Waals surface area contributed by atoms with E-state index in [1.165, 1.54) is 0 Å². The van der Waals surface area contributed by atoms with Crippen molar-refractivity contribution < 1.29 is 9.47 Å². The Kier molecular flexibility index (Phi) is 4.98. The van der Waals surface area contributed by atoms with Gasteiger partial charge in [-0.15, -0.1) is 0 Å². The Morgan fingerprint density at radius 1 is 0.926 bits per heavy atom. The summed E-state index contributed by atoms with van der Waals surface area (Å²) in [7, 11) is 1.62. The van der Waals surface area contributed by atoms with Gasteiger partial charge in [-0.3, -0.25) is 0 Å². The lowest BCUT2D eigenvalue weighted by atomic mass is 10.2. The number of hydrogen-bond acceptors (Lipinski definition) is 5. The third-order valence-electron chi connectivity index (χ3n) is 4.17. The van der Waals surface area contributed by atoms with Crippen LogP contribution in [0.2, 0.25) is 0 Å². The van der Waals surface area contributed by atoms with Crippen LogP contribution in [0, 0.1) is 0 Å². The highest BCUT2D eigenvalue weighted by molar-refractivity contribution is 5.74. The van der Waals surface area contributed by atoms with Crippen molar-refractivity contribution in [2.75, 3.05) is 7.11 Å². The minimum atomic E-state index is 0.555. The summed E-state index contributed by atoms with van der Waals surface area (Å²) >= 11 is 0. The van der Waals surface area contributed by atoms with Crippen LogP contribution in [0.5, 0.6) is 17.4 Å². The number of aromatic amines is 1. The summed E-state index contributed by atoms with van der Waals surface area (Å²) in [5.41, 5.74) is 2.96. The van der Waals surface area contributed by atoms with Crippen molar-refractivity contribution in [3.05, 3.63) is 78.2 Å². The van der Waals surface area contributed by atoms with E-state index in [1.807, 2.05) is 60.7 Å². The van der Waals surface area contributed by atoms with Crippen LogP contribution in [0.3, 0.4) is 0 Å². The molecule has 0 aliphatic rings. The smallest absolute Gasteiger partial charge is 0.223 e. The molecule has 0 amide bonds. The van der Waals surface area contributed by atoms with Crippen molar-refractivity contribution in [3.8, 4) is 17.4 Å². The first-order valence-corrected chi connectivity index (χ1v) is 8.72. The zero-order valence-electron chi connectivity index (χ0n) is 15.0. The van der Waals surface area contributed by atoms with Gasteiger partial charge >= 0.3 is 0 Å². The average molecular weight is 360 g/mol. The van der Waals surface area contributed by atoms with Crippen LogP contribution in [0.25, 0.3) is 11.0 Å². The van der Waals surface area contributed by atoms with Gasteiger partial charge in [0.25, 0.3) is 0 Å². The maximum atomic E-state index is 5.98. The van der Waals surface area contributed by atoms with Gasteiger partial charge in [0.05, 0.1) is 24.7 Å². The molecule has 2 N–H and O–H groups in total. The van der Waals surface area contributed by atoms with E-state index >= 15 is 0 Å². The number of fused-ring (bicyclic) bond motifs is 1. The molecule has 2 aromatic heterocycles. The van der Waals surface area contributed by atoms with Crippen molar-refractivity contribution in [2.24, 2.45) is 0 Å². The fraction of sp³-hybridized carbons (Fsp3) is 0.143. The molecular weight excluding hydrogens is 340 g/mol. The lowest BCUT2D eigenvalue weighted by molar-refractivity contribution is 0.372. The SMILES string of the molecule is COc1ccccc1Oc1ncccc1CNCc1nc2ccccc2[nH]1. The van der Waals surface area contributed by atoms with Gasteiger partial charge in [0.15, 0.2) is 11.5 Å². The lowest BCUT2D eigenvalue weighted by Gasteiger charge is -2.12. The summed E-state index contributed by atoms with van der Waals surface area (Å²) in [4.78, 5) is 12.3. The average Bonchev–Trinajstić information content (AvgIpc) is 3.12. The Balaban J connectivity index is 1.45. The molecule has 0 aliphatic carbocycles. The van der Waals surface area contributed by atoms with Gasteiger partial charge in [0, 0.05) is 18.3 Å². The fourth-order valence-corrected chi connectivity index (χ4v) is 2.86. The van der Waals surface area contributed by atoms with Crippen molar-refractivity contribution in [3.63, 3.8) is 0 Å². The number of nitrogens with one attached hydrogen (secondary N) is 2. The molecule has 0 saturated heterocycles. The molecule has 0 fully saturated rings. The van der Waals surface area contributed by atoms with Gasteiger partial charge < -0.3 is 19.8 Å². The minimum absolute atomic E-state index is 0.555. The summed E-state index contributed by atoms with van der Waals surface area (Å²) in [6.45, 7) is 1.23. The number of ether oxygens (including phenoxy) is 2. The first-order chi connectivity index (χ1) is 13.3. The molecule has 27 heavy (non-hydrogen) atoms. The Labute approximate surface area is 157 Å². The van der Waals surface area contributed by atoms with Crippen molar-refractivity contribution in [2.45, 2.75) is 13.1 Å². The molecule has 136 valence electrons. The molecule has 2 heterocycles. The molecule has 4 aromatic rings. The highest BCUT2D eigenvalue weighted by atomic mass is 16.5. The fourth-order valence-electron chi connectivity index (χ4n) is 2.86. The van der Waals surface area contributed by atoms with E-state index in [0.717, 1.165) is 22.4 Å². The molecule has 0 radical (unpaired) electrons. The number of imidazole rings is 1. The second-order valence-electron chi connectivity index (χ2n) is 6.02. The Morgan fingerprint density at radius 3 is 2.59 bits per heavy atom. The monoisotopic (exact) mass is 360 g/mol. The summed E-state index contributed by atoms with van der Waals surface area (Å²) in [6.07, 6.45) is 1.72. The zero-order chi connectivity index (χ0) is 18.5. The van der Waals surface area contributed by atoms with Gasteiger partial charge in [-0.1, -0.05) is 30.3 Å². The summed E-state index contributed by atoms with van der Waals surface area (Å²) < 4.78 is 11.3. The van der Waals surface area contributed by atoms with E-state index in [1.54, 1.807) is 13.3 Å². The van der Waals surface area contributed by atoms with E-state index in [4.69, 9.17) is 9.47 Å². The van der Waals surface area contributed by atoms with Crippen LogP contribution < -0.4 is 14.8 Å². The maximum absolute atomic E-state index is 5.98. The predicted molar refractivity (Wildman–Crippen MR) is 104 cm³/mol. The van der Waals surface area contributed by atoms with Gasteiger partial charge in [-0.05, 0) is 30.3 Å². The predicted octanol–water partition coefficient (Wildman–Crippen LogP) is 4.05. The van der Waals surface area contributed by atoms with Crippen LogP contribution in [0.1, 0.15) is 11.4 Å². The van der Waals surface area contributed by atoms with Gasteiger partial charge in [-0.25, -0.2) is 9.97 Å². The number of para-hydroxylation sites is 4. The normalized spacial score (nSPS) is 10.9. The number of pyridine rings is 1. The number of hydrogen-bond donors (Lipinski definition) is 2. The van der Waals surface area contributed by atoms with E-state index < -0.39 is 0 Å². The Morgan fingerprint density at radius 2 is 1.74 bits per heavy atom. The first-order valence-electron chi connectivity index (χ1n) is 8.72. The third kappa shape index (κ3) is 3.91. The largest absolute Gasteiger partial charge is 0.493 e. The quantitative estimate of drug-likeness (QED) is 0.520. The molecule has 0 atom stereocenters. The number of nitrogens with zero attached hydrogens (tertiary/aromatic N) is 2. The van der Waals surface area contributed by atoms with Crippen molar-refractivity contribution >= 4 is 11.0 Å². The molecule has 0 aliphatic heterocycles. The van der Waals surface area contributed by atoms with E-state index in [-0.39, 0.29) is 0 Å². The lowest BCUT2D eigenvalue weighted by Crippen LogP contribution is -2.14. The zero-order valence-corrected chi connectivity index (χ0v) is 15.0. The van der Waals surface area contributed by atoms with Crippen molar-refractivity contribution in [1.82, 2.24) is 20.3 Å². The van der Waals surface area contributed by atoms with Gasteiger partial charge in [-0.2, -0.15) is 0 Å². The topological polar surface area (TPSA) is 72.1 Å². The highest BCUT2D eigenvalue weighted by Gasteiger charge is 2.10. The van der Waals surface area contributed by atoms with Crippen LogP contribution >= 0.6 is 0 Å². The van der Waals surface area contributed by atoms with Crippen LogP contribution in [-0.2, 0) is 13.1 Å². The second kappa shape index (κ2) is 7.88. The maximum Gasteiger partial charge on any atom is 0.223 e. The Bertz CT molecular complexity index is 1010. The van der Waals surface area contributed by atoms with E-state index in [9.17, 15) is 0 Å². The second-order valence-corrected chi connectivity index (χ2v) is 6.02. The first kappa shape index (κ1) is 17.1. The molecule has 4 rings (SSSR count). The van der Waals surface area contributed by atoms with E-state index in [2.05, 4.69) is 20.3 Å². The third-order valence-corrected chi connectivity index (χ3v) is 4.17. The van der Waals surface area contributed by atoms with Crippen LogP contribution in [-0.4, -0.2) is 22.1 Å². The molecule has 6 nitrogen and oxygen atoms in total. The van der Waals surface area contributed by atoms with Gasteiger partial charge in [0.2, 0.25) is 5.88 Å². The number of methoxy groups -OCH3 is 1. The molecule has 0 saturated carbocycles. The number of benzene rings is 2. The summed E-state index contributed by atoms with van der Waals surface area (Å²) in [5.74, 6) is 2.76. The summed E-state index contributed by atoms with van der Waals surface area (Å²) in [5, 5.41) is 3.39. The van der Waals surface area contributed by atoms with Crippen molar-refractivity contribution in [1.29, 1.82) is 0 Å². The summed E-state index contributed by atoms with van der Waals surface area (Å²) in [6, 6.07) is 19.4. The van der Waals surface area contributed by atoms with Crippen LogP contribution in [0.15, 0.2) is 66.9 Å². The standard InChI is InChI=1S/C21H20N4O2/c1-26-18-10-4-5-11-19(18)27-21-15(7-6-12-23-21)13-22-14-20-24-16-8-2-3-9-17(16)25-20/h2-12,22H,13-14H2,1H3,(H,24,25). The van der Waals surface area contributed by atoms with E-state index in [0.29, 0.717) is 30.5 Å². The molecular formula is C21H20N4O2. The number of H-pyrrole nitrogens is 1. The molecule has 2 aromatic carbocycles. The van der Waals surface area contributed by atoms with Gasteiger partial charge in [0.1, 0.15) is 5.82 Å².